The Bertz CT molecular complexity index is 169. The Morgan fingerprint density at radius 1 is 1.58 bits per heavy atom. The lowest BCUT2D eigenvalue weighted by molar-refractivity contribution is -0.223. The highest BCUT2D eigenvalue weighted by Gasteiger charge is 2.04. The van der Waals surface area contributed by atoms with Gasteiger partial charge in [-0.1, -0.05) is 6.08 Å². The maximum absolute atomic E-state index is 10.5. The molecule has 0 aliphatic carbocycles. The van der Waals surface area contributed by atoms with E-state index in [4.69, 9.17) is 4.74 Å². The Labute approximate surface area is 71.6 Å². The summed E-state index contributed by atoms with van der Waals surface area (Å²) in [4.78, 5) is 10.5. The van der Waals surface area contributed by atoms with Crippen molar-refractivity contribution in [1.82, 2.24) is 0 Å². The van der Waals surface area contributed by atoms with Gasteiger partial charge >= 0.3 is 0 Å². The van der Waals surface area contributed by atoms with Crippen LogP contribution in [0.2, 0.25) is 0 Å². The number of ether oxygens (including phenoxy) is 1. The molecule has 0 aromatic rings. The molecule has 0 aliphatic heterocycles. The summed E-state index contributed by atoms with van der Waals surface area (Å²) in [5.74, 6) is 0. The average Bonchev–Trinajstić information content (AvgIpc) is 2.04. The molecule has 12 heavy (non-hydrogen) atoms. The van der Waals surface area contributed by atoms with Gasteiger partial charge in [0.25, 0.3) is 7.82 Å². The van der Waals surface area contributed by atoms with Gasteiger partial charge in [-0.2, -0.15) is 0 Å². The van der Waals surface area contributed by atoms with Crippen LogP contribution in [0.1, 0.15) is 0 Å². The van der Waals surface area contributed by atoms with Crippen LogP contribution in [0.3, 0.4) is 0 Å². The summed E-state index contributed by atoms with van der Waals surface area (Å²) in [5.41, 5.74) is 0. The van der Waals surface area contributed by atoms with E-state index in [-0.39, 0.29) is 13.2 Å². The first kappa shape index (κ1) is 11.8. The van der Waals surface area contributed by atoms with Gasteiger partial charge in [0.05, 0.1) is 19.8 Å². The van der Waals surface area contributed by atoms with Crippen molar-refractivity contribution in [3.8, 4) is 0 Å². The predicted molar refractivity (Wildman–Crippen MR) is 41.6 cm³/mol. The Morgan fingerprint density at radius 3 is 2.75 bits per heavy atom. The zero-order chi connectivity index (χ0) is 9.45. The summed E-state index contributed by atoms with van der Waals surface area (Å²) in [6.45, 7) is 3.95. The molecular formula is C6H12O5P-. The standard InChI is InChI=1S/C6H13O5P/c1-3-4-10-5-6-11-12(7,8)9-2/h3H,1,4-6H2,2H3,(H,7,8)/p-1. The van der Waals surface area contributed by atoms with Crippen molar-refractivity contribution in [1.29, 1.82) is 0 Å². The van der Waals surface area contributed by atoms with Gasteiger partial charge < -0.3 is 18.7 Å². The zero-order valence-electron chi connectivity index (χ0n) is 6.89. The van der Waals surface area contributed by atoms with Crippen molar-refractivity contribution in [3.05, 3.63) is 12.7 Å². The van der Waals surface area contributed by atoms with E-state index in [2.05, 4.69) is 15.6 Å². The van der Waals surface area contributed by atoms with Crippen LogP contribution in [0, 0.1) is 0 Å². The minimum Gasteiger partial charge on any atom is -0.756 e. The van der Waals surface area contributed by atoms with Crippen molar-refractivity contribution in [3.63, 3.8) is 0 Å². The fraction of sp³-hybridized carbons (Fsp3) is 0.667. The first-order valence-corrected chi connectivity index (χ1v) is 4.78. The summed E-state index contributed by atoms with van der Waals surface area (Å²) in [5, 5.41) is 0. The van der Waals surface area contributed by atoms with Crippen LogP contribution >= 0.6 is 7.82 Å². The molecule has 0 rings (SSSR count). The fourth-order valence-electron chi connectivity index (χ4n) is 0.427. The van der Waals surface area contributed by atoms with Crippen molar-refractivity contribution < 1.29 is 23.2 Å². The van der Waals surface area contributed by atoms with Gasteiger partial charge in [0.1, 0.15) is 0 Å². The molecule has 0 saturated heterocycles. The van der Waals surface area contributed by atoms with Crippen LogP contribution in [-0.2, 0) is 18.3 Å². The number of hydrogen-bond acceptors (Lipinski definition) is 5. The third kappa shape index (κ3) is 6.52. The van der Waals surface area contributed by atoms with Crippen LogP contribution in [0.5, 0.6) is 0 Å². The summed E-state index contributed by atoms with van der Waals surface area (Å²) in [6.07, 6.45) is 1.56. The molecule has 1 atom stereocenters. The minimum atomic E-state index is -4.08. The van der Waals surface area contributed by atoms with Crippen LogP contribution in [-0.4, -0.2) is 26.9 Å². The molecule has 6 heteroatoms. The lowest BCUT2D eigenvalue weighted by Crippen LogP contribution is -2.10. The number of rotatable bonds is 7. The molecule has 0 aromatic heterocycles. The Balaban J connectivity index is 3.31. The summed E-state index contributed by atoms with van der Waals surface area (Å²) in [6, 6.07) is 0. The molecule has 0 N–H and O–H groups in total. The van der Waals surface area contributed by atoms with Crippen molar-refractivity contribution in [2.45, 2.75) is 0 Å². The van der Waals surface area contributed by atoms with Gasteiger partial charge in [0.2, 0.25) is 0 Å². The molecule has 0 spiro atoms. The third-order valence-corrected chi connectivity index (χ3v) is 1.88. The second-order valence-corrected chi connectivity index (χ2v) is 3.34. The van der Waals surface area contributed by atoms with E-state index in [0.29, 0.717) is 6.61 Å². The van der Waals surface area contributed by atoms with E-state index in [1.54, 1.807) is 6.08 Å². The molecule has 72 valence electrons. The fourth-order valence-corrected chi connectivity index (χ4v) is 0.831. The van der Waals surface area contributed by atoms with Gasteiger partial charge in [-0.05, 0) is 0 Å². The smallest absolute Gasteiger partial charge is 0.267 e. The molecule has 0 aliphatic rings. The largest absolute Gasteiger partial charge is 0.756 e. The third-order valence-electron chi connectivity index (χ3n) is 0.936. The summed E-state index contributed by atoms with van der Waals surface area (Å²) < 4.78 is 23.8. The van der Waals surface area contributed by atoms with Crippen LogP contribution < -0.4 is 4.89 Å². The van der Waals surface area contributed by atoms with Crippen LogP contribution in [0.15, 0.2) is 12.7 Å². The topological polar surface area (TPSA) is 67.8 Å². The molecule has 0 aromatic carbocycles. The first-order valence-electron chi connectivity index (χ1n) is 3.32. The van der Waals surface area contributed by atoms with E-state index in [1.165, 1.54) is 0 Å². The van der Waals surface area contributed by atoms with Crippen molar-refractivity contribution >= 4 is 7.82 Å². The monoisotopic (exact) mass is 195 g/mol. The molecule has 0 radical (unpaired) electrons. The maximum atomic E-state index is 10.5. The lowest BCUT2D eigenvalue weighted by atomic mass is 10.7. The van der Waals surface area contributed by atoms with Gasteiger partial charge in [-0.15, -0.1) is 6.58 Å². The van der Waals surface area contributed by atoms with Gasteiger partial charge in [-0.3, -0.25) is 4.57 Å². The highest BCUT2D eigenvalue weighted by Crippen LogP contribution is 2.36. The molecule has 0 amide bonds. The van der Waals surface area contributed by atoms with Gasteiger partial charge in [0, 0.05) is 7.11 Å². The highest BCUT2D eigenvalue weighted by molar-refractivity contribution is 7.45. The van der Waals surface area contributed by atoms with Crippen LogP contribution in [0.25, 0.3) is 0 Å². The zero-order valence-corrected chi connectivity index (χ0v) is 7.79. The van der Waals surface area contributed by atoms with E-state index in [9.17, 15) is 9.46 Å². The molecule has 0 heterocycles. The van der Waals surface area contributed by atoms with Crippen molar-refractivity contribution in [2.24, 2.45) is 0 Å². The molecular weight excluding hydrogens is 183 g/mol. The van der Waals surface area contributed by atoms with E-state index in [0.717, 1.165) is 7.11 Å². The predicted octanol–water partition coefficient (Wildman–Crippen LogP) is 0.320. The summed E-state index contributed by atoms with van der Waals surface area (Å²) in [7, 11) is -3.04. The SMILES string of the molecule is C=CCOCCOP(=O)([O-])OC. The molecule has 0 bridgehead atoms. The average molecular weight is 195 g/mol. The second kappa shape index (κ2) is 6.34. The number of phosphoric acid groups is 1. The Kier molecular flexibility index (Phi) is 6.24. The molecule has 0 fully saturated rings. The number of phosphoric ester groups is 1. The molecule has 0 saturated carbocycles. The highest BCUT2D eigenvalue weighted by atomic mass is 31.2. The van der Waals surface area contributed by atoms with E-state index < -0.39 is 7.82 Å². The molecule has 5 nitrogen and oxygen atoms in total. The van der Waals surface area contributed by atoms with Crippen LogP contribution in [0.4, 0.5) is 0 Å². The maximum Gasteiger partial charge on any atom is 0.267 e. The minimum absolute atomic E-state index is 0.0392. The van der Waals surface area contributed by atoms with Gasteiger partial charge in [-0.25, -0.2) is 0 Å². The number of hydrogen-bond donors (Lipinski definition) is 0. The summed E-state index contributed by atoms with van der Waals surface area (Å²) >= 11 is 0. The first-order chi connectivity index (χ1) is 5.62. The van der Waals surface area contributed by atoms with E-state index >= 15 is 0 Å². The van der Waals surface area contributed by atoms with E-state index in [1.807, 2.05) is 0 Å². The van der Waals surface area contributed by atoms with Gasteiger partial charge in [0.15, 0.2) is 0 Å². The Hall–Kier alpha value is -0.190. The Morgan fingerprint density at radius 2 is 2.25 bits per heavy atom. The van der Waals surface area contributed by atoms with Crippen molar-refractivity contribution in [2.75, 3.05) is 26.9 Å². The normalized spacial score (nSPS) is 15.5. The lowest BCUT2D eigenvalue weighted by Gasteiger charge is -2.19. The second-order valence-electron chi connectivity index (χ2n) is 1.83. The molecule has 1 unspecified atom stereocenters. The quantitative estimate of drug-likeness (QED) is 0.332.